The van der Waals surface area contributed by atoms with Gasteiger partial charge in [0.25, 0.3) is 11.5 Å². The first-order valence-corrected chi connectivity index (χ1v) is 9.24. The molecule has 0 saturated heterocycles. The Balaban J connectivity index is 2.08. The van der Waals surface area contributed by atoms with Crippen molar-refractivity contribution in [3.8, 4) is 5.75 Å². The lowest BCUT2D eigenvalue weighted by atomic mass is 10.1. The highest BCUT2D eigenvalue weighted by Crippen LogP contribution is 2.32. The lowest BCUT2D eigenvalue weighted by Crippen LogP contribution is -2.24. The van der Waals surface area contributed by atoms with Crippen molar-refractivity contribution in [2.24, 2.45) is 5.92 Å². The first-order chi connectivity index (χ1) is 13.2. The molecule has 8 heteroatoms. The quantitative estimate of drug-likeness (QED) is 0.690. The molecular weight excluding hydrogens is 382 g/mol. The van der Waals surface area contributed by atoms with Gasteiger partial charge in [0, 0.05) is 17.6 Å². The highest BCUT2D eigenvalue weighted by atomic mass is 35.5. The number of nitrogens with zero attached hydrogens (tertiary/aromatic N) is 2. The molecule has 3 aromatic rings. The summed E-state index contributed by atoms with van der Waals surface area (Å²) in [6.07, 6.45) is 1.45. The van der Waals surface area contributed by atoms with Gasteiger partial charge >= 0.3 is 0 Å². The Morgan fingerprint density at radius 1 is 1.36 bits per heavy atom. The lowest BCUT2D eigenvalue weighted by Gasteiger charge is -2.12. The monoisotopic (exact) mass is 403 g/mol. The van der Waals surface area contributed by atoms with Gasteiger partial charge < -0.3 is 14.5 Å². The van der Waals surface area contributed by atoms with Crippen LogP contribution in [-0.2, 0) is 6.54 Å². The fourth-order valence-electron chi connectivity index (χ4n) is 3.05. The van der Waals surface area contributed by atoms with Crippen LogP contribution in [0.5, 0.6) is 5.75 Å². The van der Waals surface area contributed by atoms with Gasteiger partial charge in [-0.3, -0.25) is 14.2 Å². The summed E-state index contributed by atoms with van der Waals surface area (Å²) in [6.45, 7) is 7.95. The Hall–Kier alpha value is -2.80. The van der Waals surface area contributed by atoms with E-state index >= 15 is 0 Å². The lowest BCUT2D eigenvalue weighted by molar-refractivity contribution is 0.102. The van der Waals surface area contributed by atoms with Crippen LogP contribution in [0, 0.1) is 19.8 Å². The van der Waals surface area contributed by atoms with Crippen molar-refractivity contribution in [1.82, 2.24) is 9.55 Å². The second-order valence-electron chi connectivity index (χ2n) is 7.07. The predicted octanol–water partition coefficient (Wildman–Crippen LogP) is 4.18. The van der Waals surface area contributed by atoms with Crippen LogP contribution in [0.1, 0.15) is 35.5 Å². The minimum Gasteiger partial charge on any atom is -0.495 e. The summed E-state index contributed by atoms with van der Waals surface area (Å²) in [7, 11) is 1.49. The number of methoxy groups -OCH3 is 1. The number of halogens is 1. The number of hydrogen-bond donors (Lipinski definition) is 1. The molecule has 28 heavy (non-hydrogen) atoms. The zero-order valence-electron chi connectivity index (χ0n) is 16.4. The predicted molar refractivity (Wildman–Crippen MR) is 109 cm³/mol. The standard InChI is InChI=1S/C20H22ClN3O4/c1-10(2)8-24-9-22-19-17(20(24)26)16(12(4)28-19)18(25)23-14-6-11(3)13(21)7-15(14)27-5/h6-7,9-10H,8H2,1-5H3,(H,23,25). The topological polar surface area (TPSA) is 86.4 Å². The van der Waals surface area contributed by atoms with Crippen molar-refractivity contribution >= 4 is 34.3 Å². The molecule has 0 aliphatic heterocycles. The molecule has 1 aromatic carbocycles. The summed E-state index contributed by atoms with van der Waals surface area (Å²) in [6, 6.07) is 3.34. The average Bonchev–Trinajstić information content (AvgIpc) is 2.97. The third-order valence-corrected chi connectivity index (χ3v) is 4.78. The number of aromatic nitrogens is 2. The van der Waals surface area contributed by atoms with Crippen LogP contribution in [0.25, 0.3) is 11.1 Å². The van der Waals surface area contributed by atoms with Crippen LogP contribution in [0.4, 0.5) is 5.69 Å². The molecule has 0 bridgehead atoms. The molecule has 148 valence electrons. The Kier molecular flexibility index (Phi) is 5.47. The van der Waals surface area contributed by atoms with Gasteiger partial charge in [0.1, 0.15) is 23.2 Å². The molecule has 2 heterocycles. The number of ether oxygens (including phenoxy) is 1. The summed E-state index contributed by atoms with van der Waals surface area (Å²) < 4.78 is 12.4. The van der Waals surface area contributed by atoms with Crippen LogP contribution in [0.2, 0.25) is 5.02 Å². The number of anilines is 1. The number of carbonyl (C=O) groups excluding carboxylic acids is 1. The number of rotatable bonds is 5. The maximum absolute atomic E-state index is 13.0. The fraction of sp³-hybridized carbons (Fsp3) is 0.350. The molecule has 0 unspecified atom stereocenters. The summed E-state index contributed by atoms with van der Waals surface area (Å²) in [4.78, 5) is 30.1. The molecule has 0 fully saturated rings. The molecule has 0 aliphatic carbocycles. The molecule has 2 aromatic heterocycles. The summed E-state index contributed by atoms with van der Waals surface area (Å²) in [5, 5.41) is 3.49. The highest BCUT2D eigenvalue weighted by molar-refractivity contribution is 6.31. The van der Waals surface area contributed by atoms with Crippen LogP contribution in [0.3, 0.4) is 0 Å². The number of nitrogens with one attached hydrogen (secondary N) is 1. The van der Waals surface area contributed by atoms with Crippen molar-refractivity contribution in [2.75, 3.05) is 12.4 Å². The van der Waals surface area contributed by atoms with E-state index in [1.165, 1.54) is 18.0 Å². The third kappa shape index (κ3) is 3.62. The first kappa shape index (κ1) is 19.9. The second-order valence-corrected chi connectivity index (χ2v) is 7.47. The molecule has 0 atom stereocenters. The number of carbonyl (C=O) groups is 1. The SMILES string of the molecule is COc1cc(Cl)c(C)cc1NC(=O)c1c(C)oc2ncn(CC(C)C)c(=O)c12. The second kappa shape index (κ2) is 7.67. The van der Waals surface area contributed by atoms with Crippen molar-refractivity contribution in [2.45, 2.75) is 34.2 Å². The van der Waals surface area contributed by atoms with Crippen molar-refractivity contribution < 1.29 is 13.9 Å². The smallest absolute Gasteiger partial charge is 0.265 e. The van der Waals surface area contributed by atoms with Gasteiger partial charge in [-0.05, 0) is 31.4 Å². The van der Waals surface area contributed by atoms with Crippen molar-refractivity contribution in [3.63, 3.8) is 0 Å². The first-order valence-electron chi connectivity index (χ1n) is 8.87. The number of aryl methyl sites for hydroxylation is 2. The molecule has 0 radical (unpaired) electrons. The van der Waals surface area contributed by atoms with E-state index in [-0.39, 0.29) is 28.1 Å². The van der Waals surface area contributed by atoms with E-state index in [0.717, 1.165) is 5.56 Å². The van der Waals surface area contributed by atoms with Gasteiger partial charge in [0.15, 0.2) is 0 Å². The third-order valence-electron chi connectivity index (χ3n) is 4.37. The molecule has 0 aliphatic rings. The zero-order chi connectivity index (χ0) is 20.6. The van der Waals surface area contributed by atoms with Gasteiger partial charge in [0.2, 0.25) is 5.71 Å². The van der Waals surface area contributed by atoms with E-state index in [2.05, 4.69) is 10.3 Å². The molecule has 7 nitrogen and oxygen atoms in total. The van der Waals surface area contributed by atoms with Gasteiger partial charge in [-0.15, -0.1) is 0 Å². The Morgan fingerprint density at radius 3 is 2.71 bits per heavy atom. The van der Waals surface area contributed by atoms with E-state index in [4.69, 9.17) is 20.8 Å². The van der Waals surface area contributed by atoms with Crippen molar-refractivity contribution in [3.05, 3.63) is 50.7 Å². The normalized spacial score (nSPS) is 11.2. The van der Waals surface area contributed by atoms with Gasteiger partial charge in [0.05, 0.1) is 18.4 Å². The van der Waals surface area contributed by atoms with Gasteiger partial charge in [-0.1, -0.05) is 25.4 Å². The van der Waals surface area contributed by atoms with Crippen LogP contribution >= 0.6 is 11.6 Å². The molecule has 1 amide bonds. The highest BCUT2D eigenvalue weighted by Gasteiger charge is 2.24. The van der Waals surface area contributed by atoms with E-state index in [1.807, 2.05) is 20.8 Å². The number of amides is 1. The number of benzene rings is 1. The van der Waals surface area contributed by atoms with Crippen LogP contribution < -0.4 is 15.6 Å². The summed E-state index contributed by atoms with van der Waals surface area (Å²) in [5.41, 5.74) is 1.24. The van der Waals surface area contributed by atoms with Gasteiger partial charge in [-0.25, -0.2) is 4.98 Å². The Labute approximate surface area is 167 Å². The number of furan rings is 1. The van der Waals surface area contributed by atoms with E-state index in [0.29, 0.717) is 28.8 Å². The Bertz CT molecular complexity index is 1110. The average molecular weight is 404 g/mol. The molecule has 3 rings (SSSR count). The van der Waals surface area contributed by atoms with E-state index in [1.54, 1.807) is 19.1 Å². The maximum Gasteiger partial charge on any atom is 0.265 e. The fourth-order valence-corrected chi connectivity index (χ4v) is 3.20. The zero-order valence-corrected chi connectivity index (χ0v) is 17.2. The van der Waals surface area contributed by atoms with Crippen molar-refractivity contribution in [1.29, 1.82) is 0 Å². The molecule has 1 N–H and O–H groups in total. The van der Waals surface area contributed by atoms with Crippen LogP contribution in [0.15, 0.2) is 27.7 Å². The maximum atomic E-state index is 13.0. The molecule has 0 saturated carbocycles. The van der Waals surface area contributed by atoms with Crippen LogP contribution in [-0.4, -0.2) is 22.6 Å². The minimum atomic E-state index is -0.475. The van der Waals surface area contributed by atoms with E-state index in [9.17, 15) is 9.59 Å². The number of hydrogen-bond acceptors (Lipinski definition) is 5. The summed E-state index contributed by atoms with van der Waals surface area (Å²) in [5.74, 6) is 0.523. The molecule has 0 spiro atoms. The Morgan fingerprint density at radius 2 is 2.07 bits per heavy atom. The minimum absolute atomic E-state index is 0.145. The largest absolute Gasteiger partial charge is 0.495 e. The molecular formula is C20H22ClN3O4. The summed E-state index contributed by atoms with van der Waals surface area (Å²) >= 11 is 6.12. The van der Waals surface area contributed by atoms with Gasteiger partial charge in [-0.2, -0.15) is 0 Å². The number of fused-ring (bicyclic) bond motifs is 1. The van der Waals surface area contributed by atoms with E-state index < -0.39 is 5.91 Å².